The number of hydrogen-bond donors (Lipinski definition) is 2. The molecule has 0 saturated carbocycles. The zero-order valence-electron chi connectivity index (χ0n) is 19.1. The van der Waals surface area contributed by atoms with Gasteiger partial charge in [0.1, 0.15) is 0 Å². The molecule has 6 nitrogen and oxygen atoms in total. The number of nitrogens with two attached hydrogens (primary N) is 1. The SMILES string of the molecule is CS(=O)c1c(C(=O)NC(C)(C)C)nn(-c2ccc(C#CCN)cc2Cl)c1-c1ccc(Cl)cc1.Cl. The van der Waals surface area contributed by atoms with Crippen LogP contribution < -0.4 is 11.1 Å². The fourth-order valence-electron chi connectivity index (χ4n) is 3.17. The highest BCUT2D eigenvalue weighted by molar-refractivity contribution is 7.84. The highest BCUT2D eigenvalue weighted by Gasteiger charge is 2.29. The van der Waals surface area contributed by atoms with Crippen LogP contribution in [0.25, 0.3) is 16.9 Å². The third-order valence-corrected chi connectivity index (χ3v) is 5.98. The van der Waals surface area contributed by atoms with Gasteiger partial charge in [-0.1, -0.05) is 47.2 Å². The molecule has 1 unspecified atom stereocenters. The summed E-state index contributed by atoms with van der Waals surface area (Å²) < 4.78 is 14.4. The summed E-state index contributed by atoms with van der Waals surface area (Å²) in [4.78, 5) is 13.4. The predicted octanol–water partition coefficient (Wildman–Crippen LogP) is 4.84. The number of hydrogen-bond acceptors (Lipinski definition) is 4. The van der Waals surface area contributed by atoms with E-state index in [1.54, 1.807) is 47.1 Å². The summed E-state index contributed by atoms with van der Waals surface area (Å²) in [6.45, 7) is 5.82. The van der Waals surface area contributed by atoms with E-state index in [0.717, 1.165) is 0 Å². The van der Waals surface area contributed by atoms with Crippen molar-refractivity contribution in [1.29, 1.82) is 0 Å². The summed E-state index contributed by atoms with van der Waals surface area (Å²) in [6.07, 6.45) is 1.52. The van der Waals surface area contributed by atoms with Gasteiger partial charge in [-0.25, -0.2) is 4.68 Å². The molecule has 1 heterocycles. The molecule has 0 spiro atoms. The Morgan fingerprint density at radius 3 is 2.35 bits per heavy atom. The van der Waals surface area contributed by atoms with Gasteiger partial charge in [0.2, 0.25) is 0 Å². The van der Waals surface area contributed by atoms with E-state index in [1.807, 2.05) is 20.8 Å². The predicted molar refractivity (Wildman–Crippen MR) is 142 cm³/mol. The van der Waals surface area contributed by atoms with E-state index in [4.69, 9.17) is 28.9 Å². The number of halogens is 3. The summed E-state index contributed by atoms with van der Waals surface area (Å²) >= 11 is 12.7. The van der Waals surface area contributed by atoms with Gasteiger partial charge >= 0.3 is 0 Å². The molecular weight excluding hydrogens is 515 g/mol. The molecule has 0 radical (unpaired) electrons. The fraction of sp³-hybridized carbons (Fsp3) is 0.250. The number of nitrogens with zero attached hydrogens (tertiary/aromatic N) is 2. The summed E-state index contributed by atoms with van der Waals surface area (Å²) in [5.74, 6) is 5.30. The van der Waals surface area contributed by atoms with E-state index in [0.29, 0.717) is 37.4 Å². The minimum Gasteiger partial charge on any atom is -0.346 e. The van der Waals surface area contributed by atoms with Crippen LogP contribution in [-0.4, -0.2) is 38.2 Å². The Balaban J connectivity index is 0.00000408. The maximum absolute atomic E-state index is 13.1. The molecule has 1 atom stereocenters. The highest BCUT2D eigenvalue weighted by atomic mass is 35.5. The lowest BCUT2D eigenvalue weighted by molar-refractivity contribution is 0.0911. The Bertz CT molecular complexity index is 1290. The number of aromatic nitrogens is 2. The quantitative estimate of drug-likeness (QED) is 0.464. The van der Waals surface area contributed by atoms with E-state index in [2.05, 4.69) is 22.3 Å². The number of rotatable bonds is 4. The molecule has 0 aliphatic heterocycles. The average molecular weight is 540 g/mol. The number of amides is 1. The van der Waals surface area contributed by atoms with Crippen molar-refractivity contribution in [2.75, 3.05) is 12.8 Å². The fourth-order valence-corrected chi connectivity index (χ4v) is 4.44. The van der Waals surface area contributed by atoms with Gasteiger partial charge in [0.05, 0.1) is 38.6 Å². The summed E-state index contributed by atoms with van der Waals surface area (Å²) in [6, 6.07) is 12.2. The molecule has 180 valence electrons. The molecule has 3 aromatic rings. The lowest BCUT2D eigenvalue weighted by Crippen LogP contribution is -2.41. The van der Waals surface area contributed by atoms with Crippen LogP contribution in [0.2, 0.25) is 10.0 Å². The Labute approximate surface area is 218 Å². The Kier molecular flexibility index (Phi) is 9.35. The third kappa shape index (κ3) is 6.41. The first-order chi connectivity index (χ1) is 15.5. The number of nitrogens with one attached hydrogen (secondary N) is 1. The van der Waals surface area contributed by atoms with Gasteiger partial charge in [-0.05, 0) is 51.1 Å². The summed E-state index contributed by atoms with van der Waals surface area (Å²) in [5.41, 5.74) is 7.41. The van der Waals surface area contributed by atoms with E-state index in [-0.39, 0.29) is 24.6 Å². The van der Waals surface area contributed by atoms with E-state index in [1.165, 1.54) is 6.26 Å². The zero-order chi connectivity index (χ0) is 24.3. The van der Waals surface area contributed by atoms with E-state index < -0.39 is 22.2 Å². The Morgan fingerprint density at radius 1 is 1.18 bits per heavy atom. The first-order valence-electron chi connectivity index (χ1n) is 10.1. The van der Waals surface area contributed by atoms with Crippen LogP contribution in [0.15, 0.2) is 47.4 Å². The first kappa shape index (κ1) is 27.9. The second-order valence-electron chi connectivity index (χ2n) is 8.28. The Morgan fingerprint density at radius 2 is 1.82 bits per heavy atom. The van der Waals surface area contributed by atoms with Gasteiger partial charge in [-0.3, -0.25) is 9.00 Å². The molecule has 0 aliphatic carbocycles. The molecule has 3 N–H and O–H groups in total. The molecule has 1 amide bonds. The minimum atomic E-state index is -1.53. The van der Waals surface area contributed by atoms with Crippen LogP contribution in [0.1, 0.15) is 36.8 Å². The molecule has 10 heteroatoms. The maximum Gasteiger partial charge on any atom is 0.273 e. The van der Waals surface area contributed by atoms with Gasteiger partial charge in [-0.2, -0.15) is 5.10 Å². The molecule has 34 heavy (non-hydrogen) atoms. The van der Waals surface area contributed by atoms with Crippen molar-refractivity contribution >= 4 is 52.3 Å². The molecule has 3 rings (SSSR count). The van der Waals surface area contributed by atoms with E-state index >= 15 is 0 Å². The Hall–Kier alpha value is -2.34. The highest BCUT2D eigenvalue weighted by Crippen LogP contribution is 2.34. The second kappa shape index (κ2) is 11.4. The van der Waals surface area contributed by atoms with Crippen molar-refractivity contribution in [3.63, 3.8) is 0 Å². The first-order valence-corrected chi connectivity index (χ1v) is 12.4. The molecule has 2 aromatic carbocycles. The van der Waals surface area contributed by atoms with Crippen LogP contribution in [0.4, 0.5) is 0 Å². The average Bonchev–Trinajstić information content (AvgIpc) is 3.12. The van der Waals surface area contributed by atoms with Crippen LogP contribution in [0, 0.1) is 11.8 Å². The topological polar surface area (TPSA) is 90.0 Å². The largest absolute Gasteiger partial charge is 0.346 e. The lowest BCUT2D eigenvalue weighted by Gasteiger charge is -2.19. The van der Waals surface area contributed by atoms with Gasteiger partial charge < -0.3 is 11.1 Å². The van der Waals surface area contributed by atoms with Crippen LogP contribution in [0.3, 0.4) is 0 Å². The number of benzene rings is 2. The minimum absolute atomic E-state index is 0. The zero-order valence-corrected chi connectivity index (χ0v) is 22.3. The number of carbonyl (C=O) groups is 1. The molecule has 0 aliphatic rings. The summed E-state index contributed by atoms with van der Waals surface area (Å²) in [7, 11) is -1.53. The monoisotopic (exact) mass is 538 g/mol. The van der Waals surface area contributed by atoms with Crippen molar-refractivity contribution in [1.82, 2.24) is 15.1 Å². The molecule has 1 aromatic heterocycles. The molecule has 0 fully saturated rings. The van der Waals surface area contributed by atoms with Crippen molar-refractivity contribution in [2.24, 2.45) is 5.73 Å². The van der Waals surface area contributed by atoms with Crippen LogP contribution in [0.5, 0.6) is 0 Å². The van der Waals surface area contributed by atoms with Gasteiger partial charge in [0.25, 0.3) is 5.91 Å². The third-order valence-electron chi connectivity index (χ3n) is 4.46. The van der Waals surface area contributed by atoms with Crippen molar-refractivity contribution in [3.8, 4) is 28.8 Å². The van der Waals surface area contributed by atoms with Crippen LogP contribution >= 0.6 is 35.6 Å². The molecule has 0 bridgehead atoms. The summed E-state index contributed by atoms with van der Waals surface area (Å²) in [5, 5.41) is 8.39. The smallest absolute Gasteiger partial charge is 0.273 e. The normalized spacial score (nSPS) is 11.7. The lowest BCUT2D eigenvalue weighted by atomic mass is 10.1. The van der Waals surface area contributed by atoms with E-state index in [9.17, 15) is 9.00 Å². The van der Waals surface area contributed by atoms with Crippen molar-refractivity contribution in [3.05, 3.63) is 63.8 Å². The van der Waals surface area contributed by atoms with Gasteiger partial charge in [0, 0.05) is 27.9 Å². The maximum atomic E-state index is 13.1. The second-order valence-corrected chi connectivity index (χ2v) is 10.4. The van der Waals surface area contributed by atoms with Crippen molar-refractivity contribution < 1.29 is 9.00 Å². The van der Waals surface area contributed by atoms with Gasteiger partial charge in [-0.15, -0.1) is 12.4 Å². The van der Waals surface area contributed by atoms with Crippen LogP contribution in [-0.2, 0) is 10.8 Å². The number of carbonyl (C=O) groups excluding carboxylic acids is 1. The van der Waals surface area contributed by atoms with Gasteiger partial charge in [0.15, 0.2) is 5.69 Å². The standard InChI is InChI=1S/C24H24Cl2N4O2S.ClH/c1-24(2,3)28-23(31)20-22(33(4)32)21(16-8-10-17(25)11-9-16)30(29-20)19-12-7-15(6-5-13-27)14-18(19)26;/h7-12,14H,13,27H2,1-4H3,(H,28,31);1H. The van der Waals surface area contributed by atoms with Crippen molar-refractivity contribution in [2.45, 2.75) is 31.2 Å². The molecular formula is C24H25Cl3N4O2S. The molecule has 0 saturated heterocycles.